The van der Waals surface area contributed by atoms with Crippen LogP contribution >= 0.6 is 11.3 Å². The van der Waals surface area contributed by atoms with Crippen LogP contribution in [-0.2, 0) is 0 Å². The van der Waals surface area contributed by atoms with Crippen molar-refractivity contribution in [3.05, 3.63) is 47.1 Å². The van der Waals surface area contributed by atoms with Crippen LogP contribution in [0.3, 0.4) is 0 Å². The molecule has 2 N–H and O–H groups in total. The molecule has 1 saturated heterocycles. The summed E-state index contributed by atoms with van der Waals surface area (Å²) in [6.07, 6.45) is 4.14. The molecular formula is C25H30N6OS. The normalized spacial score (nSPS) is 14.8. The monoisotopic (exact) mass is 462 g/mol. The van der Waals surface area contributed by atoms with E-state index in [2.05, 4.69) is 48.5 Å². The van der Waals surface area contributed by atoms with Gasteiger partial charge in [0, 0.05) is 34.0 Å². The number of aryl methyl sites for hydroxylation is 1. The number of nitrogens with one attached hydrogen (secondary N) is 2. The number of thiophene rings is 1. The van der Waals surface area contributed by atoms with Crippen LogP contribution in [0, 0.1) is 6.92 Å². The molecule has 3 aromatic heterocycles. The van der Waals surface area contributed by atoms with Crippen LogP contribution in [0.4, 0.5) is 11.8 Å². The number of para-hydroxylation sites is 1. The highest BCUT2D eigenvalue weighted by Crippen LogP contribution is 2.41. The first-order valence-corrected chi connectivity index (χ1v) is 12.3. The summed E-state index contributed by atoms with van der Waals surface area (Å²) >= 11 is 1.71. The van der Waals surface area contributed by atoms with E-state index in [4.69, 9.17) is 14.8 Å². The molecule has 0 atom stereocenters. The van der Waals surface area contributed by atoms with Crippen molar-refractivity contribution >= 4 is 33.3 Å². The molecule has 0 amide bonds. The number of ether oxygens (including phenoxy) is 1. The summed E-state index contributed by atoms with van der Waals surface area (Å²) in [6, 6.07) is 10.5. The van der Waals surface area contributed by atoms with Crippen molar-refractivity contribution in [1.29, 1.82) is 0 Å². The molecule has 0 saturated carbocycles. The Bertz CT molecular complexity index is 1270. The van der Waals surface area contributed by atoms with Crippen molar-refractivity contribution in [3.8, 4) is 16.9 Å². The van der Waals surface area contributed by atoms with E-state index in [9.17, 15) is 0 Å². The minimum atomic E-state index is 0.235. The maximum Gasteiger partial charge on any atom is 0.228 e. The van der Waals surface area contributed by atoms with Gasteiger partial charge in [-0.05, 0) is 52.8 Å². The van der Waals surface area contributed by atoms with E-state index in [1.165, 1.54) is 4.88 Å². The maximum absolute atomic E-state index is 5.63. The lowest BCUT2D eigenvalue weighted by Gasteiger charge is -2.20. The van der Waals surface area contributed by atoms with Crippen LogP contribution in [0.2, 0.25) is 0 Å². The predicted octanol–water partition coefficient (Wildman–Crippen LogP) is 5.66. The van der Waals surface area contributed by atoms with Gasteiger partial charge in [0.05, 0.1) is 29.2 Å². The molecule has 1 aliphatic rings. The second kappa shape index (κ2) is 9.11. The average Bonchev–Trinajstić information content (AvgIpc) is 3.40. The Balaban J connectivity index is 1.53. The highest BCUT2D eigenvalue weighted by molar-refractivity contribution is 7.19. The maximum atomic E-state index is 5.63. The Kier molecular flexibility index (Phi) is 6.03. The lowest BCUT2D eigenvalue weighted by Crippen LogP contribution is -2.26. The van der Waals surface area contributed by atoms with E-state index < -0.39 is 0 Å². The molecule has 0 unspecified atom stereocenters. The van der Waals surface area contributed by atoms with Crippen LogP contribution in [0.15, 0.2) is 36.5 Å². The molecule has 1 aliphatic heterocycles. The van der Waals surface area contributed by atoms with E-state index in [-0.39, 0.29) is 6.04 Å². The second-order valence-electron chi connectivity index (χ2n) is 8.78. The first kappa shape index (κ1) is 21.9. The number of hydrogen-bond acceptors (Lipinski definition) is 7. The van der Waals surface area contributed by atoms with E-state index in [1.807, 2.05) is 29.1 Å². The number of hydrogen-bond donors (Lipinski definition) is 2. The van der Waals surface area contributed by atoms with Crippen LogP contribution in [-0.4, -0.2) is 39.9 Å². The summed E-state index contributed by atoms with van der Waals surface area (Å²) < 4.78 is 8.74. The van der Waals surface area contributed by atoms with E-state index >= 15 is 0 Å². The number of methoxy groups -OCH3 is 1. The fourth-order valence-electron chi connectivity index (χ4n) is 4.57. The molecule has 0 aliphatic carbocycles. The first-order chi connectivity index (χ1) is 16.0. The quantitative estimate of drug-likeness (QED) is 0.385. The Labute approximate surface area is 198 Å². The Morgan fingerprint density at radius 1 is 1.21 bits per heavy atom. The fourth-order valence-corrected chi connectivity index (χ4v) is 5.56. The van der Waals surface area contributed by atoms with E-state index in [0.29, 0.717) is 11.9 Å². The zero-order chi connectivity index (χ0) is 22.9. The van der Waals surface area contributed by atoms with Gasteiger partial charge in [-0.15, -0.1) is 11.3 Å². The second-order valence-corrected chi connectivity index (χ2v) is 10.0. The number of aromatic nitrogens is 4. The van der Waals surface area contributed by atoms with Gasteiger partial charge in [-0.3, -0.25) is 0 Å². The lowest BCUT2D eigenvalue weighted by molar-refractivity contribution is 0.416. The first-order valence-electron chi connectivity index (χ1n) is 11.5. The summed E-state index contributed by atoms with van der Waals surface area (Å²) in [6.45, 7) is 8.52. The summed E-state index contributed by atoms with van der Waals surface area (Å²) in [5, 5.41) is 11.8. The summed E-state index contributed by atoms with van der Waals surface area (Å²) in [7, 11) is 1.71. The van der Waals surface area contributed by atoms with Crippen molar-refractivity contribution in [1.82, 2.24) is 25.1 Å². The standard InChI is InChI=1S/C25H30N6OS/c1-15(2)31-22(13-19(30-31)17-9-11-26-12-10-17)28-25-27-14-21-24(29-25)23(16(3)33-21)18-7-5-6-8-20(18)32-4/h5-8,13-15,17,26H,9-12H2,1-4H3,(H,27,28,29). The van der Waals surface area contributed by atoms with Crippen LogP contribution < -0.4 is 15.4 Å². The number of nitrogens with zero attached hydrogens (tertiary/aromatic N) is 4. The highest BCUT2D eigenvalue weighted by atomic mass is 32.1. The summed E-state index contributed by atoms with van der Waals surface area (Å²) in [5.74, 6) is 2.85. The van der Waals surface area contributed by atoms with Crippen molar-refractivity contribution in [2.75, 3.05) is 25.5 Å². The number of anilines is 2. The number of rotatable bonds is 6. The summed E-state index contributed by atoms with van der Waals surface area (Å²) in [5.41, 5.74) is 4.24. The minimum absolute atomic E-state index is 0.235. The molecule has 7 nitrogen and oxygen atoms in total. The van der Waals surface area contributed by atoms with Gasteiger partial charge in [0.15, 0.2) is 0 Å². The van der Waals surface area contributed by atoms with Crippen molar-refractivity contribution in [2.45, 2.75) is 45.6 Å². The molecule has 4 aromatic rings. The minimum Gasteiger partial charge on any atom is -0.496 e. The van der Waals surface area contributed by atoms with Crippen LogP contribution in [0.5, 0.6) is 5.75 Å². The Hall–Kier alpha value is -2.97. The lowest BCUT2D eigenvalue weighted by atomic mass is 9.95. The smallest absolute Gasteiger partial charge is 0.228 e. The van der Waals surface area contributed by atoms with E-state index in [1.54, 1.807) is 18.4 Å². The highest BCUT2D eigenvalue weighted by Gasteiger charge is 2.22. The Morgan fingerprint density at radius 3 is 2.76 bits per heavy atom. The molecule has 172 valence electrons. The van der Waals surface area contributed by atoms with Crippen molar-refractivity contribution < 1.29 is 4.74 Å². The zero-order valence-electron chi connectivity index (χ0n) is 19.6. The topological polar surface area (TPSA) is 76.9 Å². The van der Waals surface area contributed by atoms with Gasteiger partial charge in [0.1, 0.15) is 11.6 Å². The predicted molar refractivity (Wildman–Crippen MR) is 135 cm³/mol. The van der Waals surface area contributed by atoms with Crippen LogP contribution in [0.25, 0.3) is 21.3 Å². The van der Waals surface area contributed by atoms with Crippen LogP contribution in [0.1, 0.15) is 49.2 Å². The molecule has 5 rings (SSSR count). The number of benzene rings is 1. The van der Waals surface area contributed by atoms with Gasteiger partial charge in [-0.1, -0.05) is 18.2 Å². The van der Waals surface area contributed by atoms with Gasteiger partial charge in [-0.25, -0.2) is 14.6 Å². The number of piperidine rings is 1. The van der Waals surface area contributed by atoms with Gasteiger partial charge < -0.3 is 15.4 Å². The molecule has 1 aromatic carbocycles. The molecule has 8 heteroatoms. The van der Waals surface area contributed by atoms with E-state index in [0.717, 1.165) is 64.5 Å². The van der Waals surface area contributed by atoms with Gasteiger partial charge in [0.2, 0.25) is 5.95 Å². The third-order valence-corrected chi connectivity index (χ3v) is 7.25. The Morgan fingerprint density at radius 2 is 2.00 bits per heavy atom. The van der Waals surface area contributed by atoms with Crippen molar-refractivity contribution in [2.24, 2.45) is 0 Å². The third kappa shape index (κ3) is 4.20. The molecule has 1 fully saturated rings. The van der Waals surface area contributed by atoms with Gasteiger partial charge in [0.25, 0.3) is 0 Å². The molecular weight excluding hydrogens is 432 g/mol. The SMILES string of the molecule is COc1ccccc1-c1c(C)sc2cnc(Nc3cc(C4CCNCC4)nn3C(C)C)nc12. The zero-order valence-corrected chi connectivity index (χ0v) is 20.4. The molecule has 4 heterocycles. The average molecular weight is 463 g/mol. The van der Waals surface area contributed by atoms with Gasteiger partial charge in [-0.2, -0.15) is 5.10 Å². The molecule has 0 bridgehead atoms. The number of fused-ring (bicyclic) bond motifs is 1. The molecule has 33 heavy (non-hydrogen) atoms. The third-order valence-electron chi connectivity index (χ3n) is 6.22. The van der Waals surface area contributed by atoms with Crippen molar-refractivity contribution in [3.63, 3.8) is 0 Å². The summed E-state index contributed by atoms with van der Waals surface area (Å²) in [4.78, 5) is 10.8. The molecule has 0 radical (unpaired) electrons. The van der Waals surface area contributed by atoms with Gasteiger partial charge >= 0.3 is 0 Å². The fraction of sp³-hybridized carbons (Fsp3) is 0.400. The molecule has 0 spiro atoms. The largest absolute Gasteiger partial charge is 0.496 e.